The Bertz CT molecular complexity index is 1330. The van der Waals surface area contributed by atoms with Gasteiger partial charge in [-0.2, -0.15) is 0 Å². The predicted octanol–water partition coefficient (Wildman–Crippen LogP) is 5.22. The molecule has 1 N–H and O–H groups in total. The summed E-state index contributed by atoms with van der Waals surface area (Å²) in [5.74, 6) is -0.0390. The van der Waals surface area contributed by atoms with Gasteiger partial charge in [0.2, 0.25) is 0 Å². The molecule has 2 atom stereocenters. The highest BCUT2D eigenvalue weighted by Crippen LogP contribution is 2.53. The molecule has 7 nitrogen and oxygen atoms in total. The number of hydrogen-bond acceptors (Lipinski definition) is 5. The fourth-order valence-electron chi connectivity index (χ4n) is 5.42. The number of benzene rings is 1. The Morgan fingerprint density at radius 3 is 2.73 bits per heavy atom. The van der Waals surface area contributed by atoms with Crippen LogP contribution in [0.3, 0.4) is 0 Å². The fraction of sp³-hybridized carbons (Fsp3) is 0.500. The topological polar surface area (TPSA) is 75.9 Å². The van der Waals surface area contributed by atoms with E-state index in [1.54, 1.807) is 19.2 Å². The van der Waals surface area contributed by atoms with Gasteiger partial charge in [0, 0.05) is 37.4 Å². The summed E-state index contributed by atoms with van der Waals surface area (Å²) in [6.45, 7) is 4.22. The minimum atomic E-state index is -2.37. The number of likely N-dealkylation sites (tertiary alicyclic amines) is 1. The van der Waals surface area contributed by atoms with Crippen LogP contribution in [-0.4, -0.2) is 43.6 Å². The van der Waals surface area contributed by atoms with E-state index < -0.39 is 11.8 Å². The van der Waals surface area contributed by atoms with Crippen molar-refractivity contribution in [2.45, 2.75) is 63.3 Å². The molecule has 3 aromatic rings. The first-order chi connectivity index (χ1) is 17.7. The molecular formula is C28H32F2N6O. The lowest BCUT2D eigenvalue weighted by Crippen LogP contribution is -2.25. The van der Waals surface area contributed by atoms with E-state index in [9.17, 15) is 4.79 Å². The van der Waals surface area contributed by atoms with Crippen LogP contribution < -0.4 is 5.32 Å². The largest absolute Gasteiger partial charge is 0.321 e. The van der Waals surface area contributed by atoms with E-state index in [0.717, 1.165) is 43.7 Å². The number of nitrogens with one attached hydrogen (secondary N) is 1. The Morgan fingerprint density at radius 2 is 2.05 bits per heavy atom. The number of pyridine rings is 1. The van der Waals surface area contributed by atoms with Crippen LogP contribution in [0.4, 0.5) is 14.5 Å². The zero-order valence-electron chi connectivity index (χ0n) is 21.3. The number of anilines is 1. The monoisotopic (exact) mass is 506 g/mol. The van der Waals surface area contributed by atoms with Crippen LogP contribution in [-0.2, 0) is 19.3 Å². The summed E-state index contributed by atoms with van der Waals surface area (Å²) in [5, 5.41) is 10.2. The van der Waals surface area contributed by atoms with Crippen molar-refractivity contribution in [3.05, 3.63) is 71.1 Å². The van der Waals surface area contributed by atoms with Crippen molar-refractivity contribution in [3.8, 4) is 0 Å². The van der Waals surface area contributed by atoms with Gasteiger partial charge in [-0.15, -0.1) is 10.2 Å². The van der Waals surface area contributed by atoms with E-state index in [2.05, 4.69) is 31.5 Å². The first kappa shape index (κ1) is 24.2. The molecule has 37 heavy (non-hydrogen) atoms. The van der Waals surface area contributed by atoms with E-state index in [0.29, 0.717) is 22.7 Å². The number of aryl methyl sites for hydroxylation is 1. The standard InChI is InChI=1S/C28H32F2N6O/c1-27(30,24(29)25-34-31-17-35(25)2)20-4-3-5-21(14-20)32-26(37)23-13-18(12-22(33-23)19-6-7-19)15-36-11-10-28(16-36)8-9-28/h3-5,12-14,17,19,24H,6-11,15-16H2,1-2H3,(H,32,37)/t24-,27+/m0/s1. The number of halogens is 2. The Kier molecular flexibility index (Phi) is 5.86. The van der Waals surface area contributed by atoms with Gasteiger partial charge in [-0.3, -0.25) is 9.69 Å². The van der Waals surface area contributed by atoms with Crippen LogP contribution in [0.5, 0.6) is 0 Å². The average Bonchev–Trinajstić information content (AvgIpc) is 3.78. The number of amides is 1. The first-order valence-corrected chi connectivity index (χ1v) is 13.0. The lowest BCUT2D eigenvalue weighted by atomic mass is 9.92. The number of carbonyl (C=O) groups excluding carboxylic acids is 1. The molecule has 194 valence electrons. The lowest BCUT2D eigenvalue weighted by Gasteiger charge is -2.25. The van der Waals surface area contributed by atoms with E-state index in [-0.39, 0.29) is 17.3 Å². The summed E-state index contributed by atoms with van der Waals surface area (Å²) < 4.78 is 32.2. The van der Waals surface area contributed by atoms with Crippen molar-refractivity contribution in [1.82, 2.24) is 24.6 Å². The van der Waals surface area contributed by atoms with Crippen molar-refractivity contribution < 1.29 is 13.6 Å². The summed E-state index contributed by atoms with van der Waals surface area (Å²) in [6.07, 6.45) is 5.43. The molecule has 6 rings (SSSR count). The molecule has 1 aliphatic heterocycles. The second-order valence-corrected chi connectivity index (χ2v) is 11.3. The highest BCUT2D eigenvalue weighted by atomic mass is 19.2. The van der Waals surface area contributed by atoms with Gasteiger partial charge < -0.3 is 9.88 Å². The van der Waals surface area contributed by atoms with Crippen LogP contribution in [0.2, 0.25) is 0 Å². The minimum Gasteiger partial charge on any atom is -0.321 e. The zero-order valence-corrected chi connectivity index (χ0v) is 21.3. The number of carbonyl (C=O) groups is 1. The van der Waals surface area contributed by atoms with Crippen molar-refractivity contribution in [1.29, 1.82) is 0 Å². The maximum Gasteiger partial charge on any atom is 0.274 e. The van der Waals surface area contributed by atoms with Crippen molar-refractivity contribution in [2.75, 3.05) is 18.4 Å². The maximum atomic E-state index is 15.7. The molecular weight excluding hydrogens is 474 g/mol. The average molecular weight is 507 g/mol. The first-order valence-electron chi connectivity index (χ1n) is 13.0. The Hall–Kier alpha value is -3.20. The van der Waals surface area contributed by atoms with Crippen molar-refractivity contribution in [2.24, 2.45) is 12.5 Å². The molecule has 1 aromatic carbocycles. The minimum absolute atomic E-state index is 0.0985. The predicted molar refractivity (Wildman–Crippen MR) is 135 cm³/mol. The van der Waals surface area contributed by atoms with E-state index in [4.69, 9.17) is 0 Å². The van der Waals surface area contributed by atoms with Crippen LogP contribution >= 0.6 is 0 Å². The van der Waals surface area contributed by atoms with Crippen LogP contribution in [0.1, 0.15) is 84.3 Å². The van der Waals surface area contributed by atoms with Crippen LogP contribution in [0, 0.1) is 5.41 Å². The summed E-state index contributed by atoms with van der Waals surface area (Å²) in [4.78, 5) is 20.4. The van der Waals surface area contributed by atoms with Gasteiger partial charge in [-0.05, 0) is 86.4 Å². The molecule has 0 unspecified atom stereocenters. The van der Waals surface area contributed by atoms with E-state index >= 15 is 8.78 Å². The summed E-state index contributed by atoms with van der Waals surface area (Å²) >= 11 is 0. The molecule has 1 amide bonds. The van der Waals surface area contributed by atoms with E-state index in [1.807, 2.05) is 6.07 Å². The molecule has 3 aliphatic rings. The molecule has 2 aromatic heterocycles. The van der Waals surface area contributed by atoms with Gasteiger partial charge in [-0.1, -0.05) is 12.1 Å². The number of aromatic nitrogens is 4. The van der Waals surface area contributed by atoms with Gasteiger partial charge in [0.1, 0.15) is 12.0 Å². The van der Waals surface area contributed by atoms with Crippen LogP contribution in [0.15, 0.2) is 42.7 Å². The van der Waals surface area contributed by atoms with Crippen molar-refractivity contribution in [3.63, 3.8) is 0 Å². The second kappa shape index (κ2) is 8.97. The zero-order chi connectivity index (χ0) is 25.8. The molecule has 1 saturated heterocycles. The Morgan fingerprint density at radius 1 is 1.24 bits per heavy atom. The van der Waals surface area contributed by atoms with Gasteiger partial charge in [0.15, 0.2) is 17.7 Å². The fourth-order valence-corrected chi connectivity index (χ4v) is 5.42. The molecule has 0 radical (unpaired) electrons. The molecule has 9 heteroatoms. The van der Waals surface area contributed by atoms with Gasteiger partial charge in [-0.25, -0.2) is 13.8 Å². The second-order valence-electron chi connectivity index (χ2n) is 11.3. The molecule has 1 spiro atoms. The molecule has 3 heterocycles. The molecule has 2 aliphatic carbocycles. The lowest BCUT2D eigenvalue weighted by molar-refractivity contribution is 0.0564. The third-order valence-corrected chi connectivity index (χ3v) is 8.15. The van der Waals surface area contributed by atoms with E-state index in [1.165, 1.54) is 49.2 Å². The highest BCUT2D eigenvalue weighted by Gasteiger charge is 2.47. The van der Waals surface area contributed by atoms with Gasteiger partial charge in [0.05, 0.1) is 0 Å². The number of nitrogens with zero attached hydrogens (tertiary/aromatic N) is 5. The Balaban J connectivity index is 1.20. The third-order valence-electron chi connectivity index (χ3n) is 8.15. The van der Waals surface area contributed by atoms with Crippen molar-refractivity contribution >= 4 is 11.6 Å². The molecule has 2 saturated carbocycles. The quantitative estimate of drug-likeness (QED) is 0.453. The summed E-state index contributed by atoms with van der Waals surface area (Å²) in [6, 6.07) is 10.3. The highest BCUT2D eigenvalue weighted by molar-refractivity contribution is 6.03. The van der Waals surface area contributed by atoms with Gasteiger partial charge in [0.25, 0.3) is 5.91 Å². The van der Waals surface area contributed by atoms with Gasteiger partial charge >= 0.3 is 0 Å². The summed E-state index contributed by atoms with van der Waals surface area (Å²) in [7, 11) is 1.57. The smallest absolute Gasteiger partial charge is 0.274 e. The molecule has 0 bridgehead atoms. The normalized spacial score (nSPS) is 21.1. The Labute approximate surface area is 215 Å². The van der Waals surface area contributed by atoms with Crippen LogP contribution in [0.25, 0.3) is 0 Å². The summed E-state index contributed by atoms with van der Waals surface area (Å²) in [5.41, 5.74) is 1.10. The SMILES string of the molecule is Cn1cnnc1[C@H](F)[C@](C)(F)c1cccc(NC(=O)c2cc(CN3CCC4(CC4)C3)cc(C3CC3)n2)c1. The number of alkyl halides is 2. The number of rotatable bonds is 8. The maximum absolute atomic E-state index is 15.7. The third kappa shape index (κ3) is 4.89. The number of hydrogen-bond donors (Lipinski definition) is 1. The molecule has 3 fully saturated rings.